The minimum Gasteiger partial charge on any atom is -0.354 e. The first kappa shape index (κ1) is 18.1. The van der Waals surface area contributed by atoms with E-state index in [1.807, 2.05) is 11.9 Å². The van der Waals surface area contributed by atoms with Gasteiger partial charge in [0.2, 0.25) is 5.95 Å². The zero-order chi connectivity index (χ0) is 17.6. The Kier molecular flexibility index (Phi) is 6.23. The molecule has 1 aromatic heterocycles. The molecule has 7 nitrogen and oxygen atoms in total. The van der Waals surface area contributed by atoms with Crippen LogP contribution in [0, 0.1) is 6.92 Å². The molecule has 2 aliphatic heterocycles. The van der Waals surface area contributed by atoms with Crippen LogP contribution in [0.2, 0.25) is 0 Å². The summed E-state index contributed by atoms with van der Waals surface area (Å²) in [7, 11) is 0. The fourth-order valence-electron chi connectivity index (χ4n) is 3.31. The van der Waals surface area contributed by atoms with E-state index in [0.717, 1.165) is 42.3 Å². The summed E-state index contributed by atoms with van der Waals surface area (Å²) in [6.45, 7) is 11.7. The van der Waals surface area contributed by atoms with Crippen LogP contribution in [-0.2, 0) is 4.84 Å². The average molecular weight is 346 g/mol. The lowest BCUT2D eigenvalue weighted by molar-refractivity contribution is 0.0467. The summed E-state index contributed by atoms with van der Waals surface area (Å²) >= 11 is 0. The highest BCUT2D eigenvalue weighted by Gasteiger charge is 2.20. The van der Waals surface area contributed by atoms with E-state index in [9.17, 15) is 0 Å². The van der Waals surface area contributed by atoms with Crippen molar-refractivity contribution in [3.8, 4) is 0 Å². The van der Waals surface area contributed by atoms with Crippen LogP contribution in [0.1, 0.15) is 44.4 Å². The summed E-state index contributed by atoms with van der Waals surface area (Å²) < 4.78 is 0. The van der Waals surface area contributed by atoms with Gasteiger partial charge in [-0.3, -0.25) is 9.85 Å². The van der Waals surface area contributed by atoms with E-state index in [1.165, 1.54) is 32.4 Å². The Morgan fingerprint density at radius 1 is 1.16 bits per heavy atom. The molecule has 3 heterocycles. The third-order valence-corrected chi connectivity index (χ3v) is 4.66. The molecule has 0 unspecified atom stereocenters. The number of aryl methyl sites for hydroxylation is 1. The maximum Gasteiger partial charge on any atom is 0.224 e. The van der Waals surface area contributed by atoms with E-state index < -0.39 is 0 Å². The van der Waals surface area contributed by atoms with Gasteiger partial charge in [0.05, 0.1) is 18.8 Å². The van der Waals surface area contributed by atoms with Crippen LogP contribution in [0.5, 0.6) is 0 Å². The highest BCUT2D eigenvalue weighted by Crippen LogP contribution is 2.25. The molecule has 1 saturated heterocycles. The Bertz CT molecular complexity index is 612. The lowest BCUT2D eigenvalue weighted by Crippen LogP contribution is -2.46. The van der Waals surface area contributed by atoms with Crippen LogP contribution < -0.4 is 15.9 Å². The van der Waals surface area contributed by atoms with Crippen molar-refractivity contribution < 1.29 is 4.84 Å². The zero-order valence-electron chi connectivity index (χ0n) is 15.6. The third-order valence-electron chi connectivity index (χ3n) is 4.66. The van der Waals surface area contributed by atoms with Crippen LogP contribution in [0.4, 0.5) is 11.8 Å². The van der Waals surface area contributed by atoms with Crippen molar-refractivity contribution in [3.05, 3.63) is 16.8 Å². The number of fused-ring (bicyclic) bond motifs is 1. The first-order chi connectivity index (χ1) is 12.2. The van der Waals surface area contributed by atoms with Gasteiger partial charge >= 0.3 is 0 Å². The van der Waals surface area contributed by atoms with Crippen LogP contribution in [0.25, 0.3) is 6.08 Å². The topological polar surface area (TPSA) is 65.6 Å². The van der Waals surface area contributed by atoms with E-state index in [1.54, 1.807) is 0 Å². The van der Waals surface area contributed by atoms with Gasteiger partial charge in [0.25, 0.3) is 0 Å². The molecule has 0 aliphatic carbocycles. The van der Waals surface area contributed by atoms with E-state index in [2.05, 4.69) is 40.7 Å². The monoisotopic (exact) mass is 346 g/mol. The molecule has 0 saturated carbocycles. The number of piperidine rings is 1. The molecule has 0 amide bonds. The molecule has 3 rings (SSSR count). The van der Waals surface area contributed by atoms with Gasteiger partial charge < -0.3 is 10.2 Å². The van der Waals surface area contributed by atoms with Gasteiger partial charge in [-0.1, -0.05) is 6.42 Å². The maximum absolute atomic E-state index is 5.64. The fraction of sp³-hybridized carbons (Fsp3) is 0.667. The average Bonchev–Trinajstić information content (AvgIpc) is 2.60. The third kappa shape index (κ3) is 4.68. The summed E-state index contributed by atoms with van der Waals surface area (Å²) in [6, 6.07) is 0. The molecule has 0 spiro atoms. The van der Waals surface area contributed by atoms with Crippen molar-refractivity contribution in [3.63, 3.8) is 0 Å². The molecule has 138 valence electrons. The quantitative estimate of drug-likeness (QED) is 0.848. The summed E-state index contributed by atoms with van der Waals surface area (Å²) in [6.07, 6.45) is 6.09. The summed E-state index contributed by atoms with van der Waals surface area (Å²) in [5, 5.41) is 5.24. The van der Waals surface area contributed by atoms with Crippen LogP contribution in [0.3, 0.4) is 0 Å². The Labute approximate surface area is 150 Å². The first-order valence-corrected chi connectivity index (χ1v) is 9.34. The normalized spacial score (nSPS) is 21.1. The lowest BCUT2D eigenvalue weighted by atomic mass is 10.1. The van der Waals surface area contributed by atoms with Crippen molar-refractivity contribution in [2.24, 2.45) is 0 Å². The SMILES string of the molecule is CCNc1nc(C)c2c(n1)N(CCN1CCCCC1)NOC/C(C)=C\2. The lowest BCUT2D eigenvalue weighted by Gasteiger charge is -2.32. The highest BCUT2D eigenvalue weighted by atomic mass is 16.7. The number of hydrogen-bond acceptors (Lipinski definition) is 7. The number of nitrogens with zero attached hydrogens (tertiary/aromatic N) is 4. The number of nitrogens with one attached hydrogen (secondary N) is 2. The van der Waals surface area contributed by atoms with E-state index in [0.29, 0.717) is 12.6 Å². The maximum atomic E-state index is 5.64. The summed E-state index contributed by atoms with van der Waals surface area (Å²) in [5.41, 5.74) is 6.28. The smallest absolute Gasteiger partial charge is 0.224 e. The predicted molar refractivity (Wildman–Crippen MR) is 101 cm³/mol. The van der Waals surface area contributed by atoms with E-state index in [-0.39, 0.29) is 0 Å². The Morgan fingerprint density at radius 3 is 2.72 bits per heavy atom. The van der Waals surface area contributed by atoms with Crippen LogP contribution >= 0.6 is 0 Å². The van der Waals surface area contributed by atoms with Crippen molar-refractivity contribution in [2.75, 3.05) is 49.7 Å². The largest absolute Gasteiger partial charge is 0.354 e. The molecule has 7 heteroatoms. The number of rotatable bonds is 5. The van der Waals surface area contributed by atoms with Gasteiger partial charge in [-0.05, 0) is 58.4 Å². The summed E-state index contributed by atoms with van der Waals surface area (Å²) in [4.78, 5) is 17.5. The minimum absolute atomic E-state index is 0.550. The molecule has 1 fully saturated rings. The van der Waals surface area contributed by atoms with Gasteiger partial charge in [0, 0.05) is 18.7 Å². The minimum atomic E-state index is 0.550. The fourth-order valence-corrected chi connectivity index (χ4v) is 3.31. The van der Waals surface area contributed by atoms with Gasteiger partial charge in [-0.2, -0.15) is 4.98 Å². The predicted octanol–water partition coefficient (Wildman–Crippen LogP) is 2.36. The van der Waals surface area contributed by atoms with E-state index in [4.69, 9.17) is 9.82 Å². The second-order valence-corrected chi connectivity index (χ2v) is 6.82. The molecule has 0 aromatic carbocycles. The van der Waals surface area contributed by atoms with Crippen molar-refractivity contribution in [1.29, 1.82) is 0 Å². The van der Waals surface area contributed by atoms with E-state index >= 15 is 0 Å². The number of hydrazine groups is 1. The van der Waals surface area contributed by atoms with Crippen molar-refractivity contribution in [1.82, 2.24) is 20.5 Å². The van der Waals surface area contributed by atoms with Gasteiger partial charge in [0.1, 0.15) is 0 Å². The molecule has 0 radical (unpaired) electrons. The molecular weight excluding hydrogens is 316 g/mol. The molecule has 0 atom stereocenters. The standard InChI is InChI=1S/C18H30N6O/c1-4-19-18-20-15(3)16-12-14(2)13-25-22-24(17(16)21-18)11-10-23-8-6-5-7-9-23/h12,22H,4-11,13H2,1-3H3,(H,19,20,21)/b14-12-. The zero-order valence-corrected chi connectivity index (χ0v) is 15.6. The molecule has 25 heavy (non-hydrogen) atoms. The highest BCUT2D eigenvalue weighted by molar-refractivity contribution is 5.68. The Morgan fingerprint density at radius 2 is 1.96 bits per heavy atom. The molecule has 1 aromatic rings. The van der Waals surface area contributed by atoms with Crippen LogP contribution in [-0.4, -0.2) is 54.2 Å². The second-order valence-electron chi connectivity index (χ2n) is 6.82. The number of likely N-dealkylation sites (tertiary alicyclic amines) is 1. The van der Waals surface area contributed by atoms with Gasteiger partial charge in [-0.15, -0.1) is 5.59 Å². The number of aromatic nitrogens is 2. The van der Waals surface area contributed by atoms with Crippen molar-refractivity contribution >= 4 is 17.8 Å². The molecule has 2 N–H and O–H groups in total. The van der Waals surface area contributed by atoms with Crippen LogP contribution in [0.15, 0.2) is 5.57 Å². The molecule has 2 aliphatic rings. The van der Waals surface area contributed by atoms with Gasteiger partial charge in [0.15, 0.2) is 5.82 Å². The first-order valence-electron chi connectivity index (χ1n) is 9.34. The van der Waals surface area contributed by atoms with Gasteiger partial charge in [-0.25, -0.2) is 4.98 Å². The number of hydrogen-bond donors (Lipinski definition) is 2. The molecule has 0 bridgehead atoms. The molecular formula is C18H30N6O. The number of anilines is 2. The van der Waals surface area contributed by atoms with Crippen molar-refractivity contribution in [2.45, 2.75) is 40.0 Å². The summed E-state index contributed by atoms with van der Waals surface area (Å²) in [5.74, 6) is 1.54. The second kappa shape index (κ2) is 8.60. The Hall–Kier alpha value is -1.70. The Balaban J connectivity index is 1.85.